The minimum Gasteiger partial charge on any atom is -0.381 e. The highest BCUT2D eigenvalue weighted by molar-refractivity contribution is 7.92. The first-order chi connectivity index (χ1) is 15.9. The third kappa shape index (κ3) is 4.84. The Balaban J connectivity index is 1.60. The van der Waals surface area contributed by atoms with Crippen LogP contribution in [0.25, 0.3) is 0 Å². The first kappa shape index (κ1) is 23.9. The standard InChI is InChI=1S/C26H31FN2O3S/c1-19-24(33(30,31)25(18-29-19)20-6-3-2-4-7-20)16-21-8-9-22(17-23(21)27)26(10-5-13-28)11-14-32-15-12-26/h2-4,6-9,17,19,24-25,29H,5,10-12,14-16,18H2,1H3/t19-,24?,25-/m0/s1. The molecule has 33 heavy (non-hydrogen) atoms. The Labute approximate surface area is 195 Å². The molecule has 1 N–H and O–H groups in total. The normalized spacial score (nSPS) is 26.4. The first-order valence-electron chi connectivity index (χ1n) is 11.6. The van der Waals surface area contributed by atoms with Gasteiger partial charge in [0.15, 0.2) is 9.84 Å². The SMILES string of the molecule is C[C@@H]1NC[C@@H](c2ccccc2)S(=O)(=O)C1Cc1ccc(C2(CCC#N)CCOCC2)cc1F. The predicted molar refractivity (Wildman–Crippen MR) is 126 cm³/mol. The Morgan fingerprint density at radius 3 is 2.58 bits per heavy atom. The van der Waals surface area contributed by atoms with Gasteiger partial charge in [-0.2, -0.15) is 5.26 Å². The van der Waals surface area contributed by atoms with E-state index in [1.165, 1.54) is 0 Å². The molecule has 0 saturated carbocycles. The summed E-state index contributed by atoms with van der Waals surface area (Å²) in [6.07, 6.45) is 2.71. The van der Waals surface area contributed by atoms with Crippen LogP contribution < -0.4 is 5.32 Å². The number of benzene rings is 2. The van der Waals surface area contributed by atoms with Gasteiger partial charge in [-0.1, -0.05) is 42.5 Å². The molecule has 7 heteroatoms. The molecule has 0 amide bonds. The van der Waals surface area contributed by atoms with Gasteiger partial charge in [0.25, 0.3) is 0 Å². The van der Waals surface area contributed by atoms with E-state index in [0.717, 1.165) is 24.0 Å². The fourth-order valence-corrected chi connectivity index (χ4v) is 7.67. The Bertz CT molecular complexity index is 1110. The summed E-state index contributed by atoms with van der Waals surface area (Å²) in [4.78, 5) is 0. The second-order valence-corrected chi connectivity index (χ2v) is 11.6. The van der Waals surface area contributed by atoms with Gasteiger partial charge in [0, 0.05) is 37.6 Å². The molecular weight excluding hydrogens is 439 g/mol. The van der Waals surface area contributed by atoms with E-state index in [9.17, 15) is 8.42 Å². The van der Waals surface area contributed by atoms with E-state index in [-0.39, 0.29) is 23.7 Å². The highest BCUT2D eigenvalue weighted by atomic mass is 32.2. The van der Waals surface area contributed by atoms with Crippen molar-refractivity contribution < 1.29 is 17.5 Å². The number of hydrogen-bond donors (Lipinski definition) is 1. The summed E-state index contributed by atoms with van der Waals surface area (Å²) in [6, 6.07) is 16.4. The molecule has 2 saturated heterocycles. The fourth-order valence-electron chi connectivity index (χ4n) is 5.30. The van der Waals surface area contributed by atoms with Crippen LogP contribution in [0.5, 0.6) is 0 Å². The summed E-state index contributed by atoms with van der Waals surface area (Å²) >= 11 is 0. The molecular formula is C26H31FN2O3S. The second-order valence-electron chi connectivity index (χ2n) is 9.28. The zero-order valence-electron chi connectivity index (χ0n) is 19.0. The Morgan fingerprint density at radius 2 is 1.91 bits per heavy atom. The molecule has 4 rings (SSSR count). The molecule has 0 spiro atoms. The number of hydrogen-bond acceptors (Lipinski definition) is 5. The maximum absolute atomic E-state index is 15.3. The minimum absolute atomic E-state index is 0.125. The molecule has 2 aromatic carbocycles. The molecule has 2 aliphatic heterocycles. The number of nitrogens with one attached hydrogen (secondary N) is 1. The monoisotopic (exact) mass is 470 g/mol. The summed E-state index contributed by atoms with van der Waals surface area (Å²) in [5.74, 6) is -0.375. The Kier molecular flexibility index (Phi) is 7.18. The Hall–Kier alpha value is -2.27. The number of sulfone groups is 1. The van der Waals surface area contributed by atoms with Crippen molar-refractivity contribution in [1.82, 2.24) is 5.32 Å². The third-order valence-electron chi connectivity index (χ3n) is 7.42. The largest absolute Gasteiger partial charge is 0.381 e. The number of nitrogens with zero attached hydrogens (tertiary/aromatic N) is 1. The molecule has 1 unspecified atom stereocenters. The average molecular weight is 471 g/mol. The van der Waals surface area contributed by atoms with E-state index < -0.39 is 20.3 Å². The number of ether oxygens (including phenoxy) is 1. The van der Waals surface area contributed by atoms with Gasteiger partial charge in [0.05, 0.1) is 16.6 Å². The van der Waals surface area contributed by atoms with Gasteiger partial charge in [-0.3, -0.25) is 0 Å². The number of nitriles is 1. The van der Waals surface area contributed by atoms with Gasteiger partial charge in [-0.25, -0.2) is 12.8 Å². The Morgan fingerprint density at radius 1 is 1.18 bits per heavy atom. The summed E-state index contributed by atoms with van der Waals surface area (Å²) < 4.78 is 47.9. The second kappa shape index (κ2) is 9.92. The highest BCUT2D eigenvalue weighted by Gasteiger charge is 2.43. The fraction of sp³-hybridized carbons (Fsp3) is 0.500. The van der Waals surface area contributed by atoms with Crippen molar-refractivity contribution in [1.29, 1.82) is 5.26 Å². The zero-order valence-corrected chi connectivity index (χ0v) is 19.8. The van der Waals surface area contributed by atoms with Crippen LogP contribution in [0.2, 0.25) is 0 Å². The average Bonchev–Trinajstić information content (AvgIpc) is 2.82. The van der Waals surface area contributed by atoms with E-state index >= 15 is 4.39 Å². The quantitative estimate of drug-likeness (QED) is 0.683. The lowest BCUT2D eigenvalue weighted by molar-refractivity contribution is 0.0471. The van der Waals surface area contributed by atoms with Gasteiger partial charge < -0.3 is 10.1 Å². The topological polar surface area (TPSA) is 79.2 Å². The van der Waals surface area contributed by atoms with E-state index in [1.54, 1.807) is 12.1 Å². The molecule has 3 atom stereocenters. The van der Waals surface area contributed by atoms with Gasteiger partial charge in [-0.05, 0) is 55.4 Å². The van der Waals surface area contributed by atoms with Crippen molar-refractivity contribution in [3.05, 3.63) is 71.0 Å². The van der Waals surface area contributed by atoms with E-state index in [1.807, 2.05) is 43.3 Å². The molecule has 176 valence electrons. The van der Waals surface area contributed by atoms with Crippen LogP contribution in [0, 0.1) is 17.1 Å². The molecule has 2 aromatic rings. The van der Waals surface area contributed by atoms with Gasteiger partial charge in [0.1, 0.15) is 5.82 Å². The number of rotatable bonds is 6. The lowest BCUT2D eigenvalue weighted by atomic mass is 9.71. The van der Waals surface area contributed by atoms with Crippen LogP contribution in [0.3, 0.4) is 0 Å². The van der Waals surface area contributed by atoms with Crippen molar-refractivity contribution in [2.45, 2.75) is 61.0 Å². The maximum Gasteiger partial charge on any atom is 0.163 e. The van der Waals surface area contributed by atoms with Crippen molar-refractivity contribution >= 4 is 9.84 Å². The van der Waals surface area contributed by atoms with E-state index in [2.05, 4.69) is 11.4 Å². The molecule has 0 bridgehead atoms. The van der Waals surface area contributed by atoms with Crippen LogP contribution in [0.4, 0.5) is 4.39 Å². The summed E-state index contributed by atoms with van der Waals surface area (Å²) in [6.45, 7) is 3.40. The van der Waals surface area contributed by atoms with E-state index in [4.69, 9.17) is 10.00 Å². The van der Waals surface area contributed by atoms with Crippen LogP contribution in [0.1, 0.15) is 54.5 Å². The molecule has 5 nitrogen and oxygen atoms in total. The van der Waals surface area contributed by atoms with Crippen molar-refractivity contribution in [2.75, 3.05) is 19.8 Å². The van der Waals surface area contributed by atoms with Crippen LogP contribution in [-0.4, -0.2) is 39.5 Å². The van der Waals surface area contributed by atoms with Crippen molar-refractivity contribution in [3.8, 4) is 6.07 Å². The van der Waals surface area contributed by atoms with Crippen LogP contribution in [-0.2, 0) is 26.4 Å². The molecule has 2 heterocycles. The summed E-state index contributed by atoms with van der Waals surface area (Å²) in [5.41, 5.74) is 1.79. The van der Waals surface area contributed by atoms with Crippen LogP contribution in [0.15, 0.2) is 48.5 Å². The summed E-state index contributed by atoms with van der Waals surface area (Å²) in [7, 11) is -3.52. The number of halogens is 1. The van der Waals surface area contributed by atoms with Gasteiger partial charge in [0.2, 0.25) is 0 Å². The molecule has 2 fully saturated rings. The molecule has 0 aromatic heterocycles. The van der Waals surface area contributed by atoms with Crippen molar-refractivity contribution in [2.24, 2.45) is 0 Å². The first-order valence-corrected chi connectivity index (χ1v) is 13.2. The van der Waals surface area contributed by atoms with E-state index in [0.29, 0.717) is 38.2 Å². The minimum atomic E-state index is -3.52. The van der Waals surface area contributed by atoms with Crippen LogP contribution >= 0.6 is 0 Å². The lowest BCUT2D eigenvalue weighted by Crippen LogP contribution is -2.53. The molecule has 2 aliphatic rings. The van der Waals surface area contributed by atoms with Gasteiger partial charge in [-0.15, -0.1) is 0 Å². The third-order valence-corrected chi connectivity index (χ3v) is 10.1. The lowest BCUT2D eigenvalue weighted by Gasteiger charge is -2.38. The summed E-state index contributed by atoms with van der Waals surface area (Å²) in [5, 5.41) is 11.1. The highest BCUT2D eigenvalue weighted by Crippen LogP contribution is 2.40. The van der Waals surface area contributed by atoms with Gasteiger partial charge >= 0.3 is 0 Å². The smallest absolute Gasteiger partial charge is 0.163 e. The molecule has 0 radical (unpaired) electrons. The molecule has 0 aliphatic carbocycles. The maximum atomic E-state index is 15.3. The van der Waals surface area contributed by atoms with Crippen molar-refractivity contribution in [3.63, 3.8) is 0 Å². The predicted octanol–water partition coefficient (Wildman–Crippen LogP) is 4.24. The zero-order chi connectivity index (χ0) is 23.5.